The lowest BCUT2D eigenvalue weighted by Crippen LogP contribution is -2.59. The molecule has 0 unspecified atom stereocenters. The summed E-state index contributed by atoms with van der Waals surface area (Å²) in [6.45, 7) is 5.40. The van der Waals surface area contributed by atoms with Gasteiger partial charge in [-0.15, -0.1) is 0 Å². The number of ether oxygens (including phenoxy) is 1. The molecule has 2 saturated heterocycles. The number of nitrogens with zero attached hydrogens (tertiary/aromatic N) is 2. The fourth-order valence-electron chi connectivity index (χ4n) is 5.51. The van der Waals surface area contributed by atoms with E-state index in [2.05, 4.69) is 0 Å². The molecule has 7 nitrogen and oxygen atoms in total. The quantitative estimate of drug-likeness (QED) is 0.663. The summed E-state index contributed by atoms with van der Waals surface area (Å²) in [6, 6.07) is 8.68. The Labute approximate surface area is 190 Å². The molecule has 0 bridgehead atoms. The van der Waals surface area contributed by atoms with E-state index in [1.807, 2.05) is 44.2 Å². The summed E-state index contributed by atoms with van der Waals surface area (Å²) in [6.07, 6.45) is 3.56. The van der Waals surface area contributed by atoms with Gasteiger partial charge in [0.15, 0.2) is 0 Å². The summed E-state index contributed by atoms with van der Waals surface area (Å²) in [7, 11) is 1.60. The van der Waals surface area contributed by atoms with Gasteiger partial charge in [0.1, 0.15) is 5.54 Å². The third kappa shape index (κ3) is 4.40. The zero-order valence-electron chi connectivity index (χ0n) is 19.5. The molecule has 1 aromatic rings. The van der Waals surface area contributed by atoms with E-state index in [9.17, 15) is 19.5 Å². The second kappa shape index (κ2) is 10.5. The van der Waals surface area contributed by atoms with Gasteiger partial charge in [0.05, 0.1) is 18.6 Å². The maximum Gasteiger partial charge on any atom is 0.309 e. The summed E-state index contributed by atoms with van der Waals surface area (Å²) >= 11 is 0. The summed E-state index contributed by atoms with van der Waals surface area (Å²) < 4.78 is 5.21. The Hall–Kier alpha value is -2.41. The molecule has 2 fully saturated rings. The largest absolute Gasteiger partial charge is 0.481 e. The van der Waals surface area contributed by atoms with Gasteiger partial charge in [-0.1, -0.05) is 44.2 Å². The van der Waals surface area contributed by atoms with Gasteiger partial charge in [-0.2, -0.15) is 0 Å². The second-order valence-electron chi connectivity index (χ2n) is 9.00. The van der Waals surface area contributed by atoms with Gasteiger partial charge in [-0.3, -0.25) is 14.4 Å². The first kappa shape index (κ1) is 24.2. The molecular weight excluding hydrogens is 408 g/mol. The predicted octanol–water partition coefficient (Wildman–Crippen LogP) is 3.49. The number of hydrogen-bond acceptors (Lipinski definition) is 4. The van der Waals surface area contributed by atoms with Crippen molar-refractivity contribution in [3.05, 3.63) is 35.9 Å². The molecule has 32 heavy (non-hydrogen) atoms. The van der Waals surface area contributed by atoms with Crippen LogP contribution in [0.25, 0.3) is 0 Å². The molecule has 7 heteroatoms. The fraction of sp³-hybridized carbons (Fsp3) is 0.640. The van der Waals surface area contributed by atoms with Gasteiger partial charge < -0.3 is 19.6 Å². The van der Waals surface area contributed by atoms with Crippen LogP contribution in [0.3, 0.4) is 0 Å². The number of carboxylic acid groups (broad SMARTS) is 1. The number of methoxy groups -OCH3 is 1. The summed E-state index contributed by atoms with van der Waals surface area (Å²) in [5.74, 6) is -2.26. The van der Waals surface area contributed by atoms with Crippen LogP contribution in [0, 0.1) is 11.8 Å². The molecule has 0 radical (unpaired) electrons. The third-order valence-corrected chi connectivity index (χ3v) is 7.23. The lowest BCUT2D eigenvalue weighted by Gasteiger charge is -2.43. The molecule has 2 heterocycles. The van der Waals surface area contributed by atoms with E-state index < -0.39 is 23.5 Å². The van der Waals surface area contributed by atoms with E-state index in [-0.39, 0.29) is 24.2 Å². The number of carbonyl (C=O) groups is 3. The Morgan fingerprint density at radius 1 is 1.19 bits per heavy atom. The molecule has 0 aromatic heterocycles. The van der Waals surface area contributed by atoms with E-state index in [0.29, 0.717) is 39.0 Å². The summed E-state index contributed by atoms with van der Waals surface area (Å²) in [5, 5.41) is 10.2. The molecule has 3 rings (SSSR count). The minimum absolute atomic E-state index is 0.102. The van der Waals surface area contributed by atoms with E-state index in [4.69, 9.17) is 4.74 Å². The number of aliphatic carboxylic acids is 1. The highest BCUT2D eigenvalue weighted by molar-refractivity contribution is 5.95. The van der Waals surface area contributed by atoms with Crippen LogP contribution in [0.1, 0.15) is 64.0 Å². The van der Waals surface area contributed by atoms with Crippen molar-refractivity contribution < 1.29 is 24.2 Å². The molecule has 1 aromatic carbocycles. The Morgan fingerprint density at radius 2 is 1.88 bits per heavy atom. The van der Waals surface area contributed by atoms with Crippen molar-refractivity contribution in [1.82, 2.24) is 9.80 Å². The van der Waals surface area contributed by atoms with Crippen LogP contribution in [0.5, 0.6) is 0 Å². The molecule has 0 saturated carbocycles. The highest BCUT2D eigenvalue weighted by atomic mass is 16.5. The highest BCUT2D eigenvalue weighted by Crippen LogP contribution is 2.51. The van der Waals surface area contributed by atoms with E-state index in [1.165, 1.54) is 0 Å². The van der Waals surface area contributed by atoms with Crippen molar-refractivity contribution in [3.8, 4) is 0 Å². The topological polar surface area (TPSA) is 87.2 Å². The van der Waals surface area contributed by atoms with Crippen LogP contribution < -0.4 is 0 Å². The van der Waals surface area contributed by atoms with Gasteiger partial charge in [0.25, 0.3) is 0 Å². The average molecular weight is 445 g/mol. The van der Waals surface area contributed by atoms with Gasteiger partial charge in [0.2, 0.25) is 11.8 Å². The summed E-state index contributed by atoms with van der Waals surface area (Å²) in [4.78, 5) is 43.9. The first-order valence-corrected chi connectivity index (χ1v) is 11.8. The van der Waals surface area contributed by atoms with Gasteiger partial charge in [0, 0.05) is 26.1 Å². The van der Waals surface area contributed by atoms with Crippen LogP contribution in [0.15, 0.2) is 30.3 Å². The van der Waals surface area contributed by atoms with Crippen LogP contribution >= 0.6 is 0 Å². The third-order valence-electron chi connectivity index (χ3n) is 7.23. The monoisotopic (exact) mass is 444 g/mol. The number of amides is 2. The smallest absolute Gasteiger partial charge is 0.309 e. The number of hydrogen-bond donors (Lipinski definition) is 1. The SMILES string of the molecule is CCC(CC)C(=O)N1[C@@H](c2ccccc2)[C@@H](C(=O)O)C[C@]12CCCCN(CCOC)C2=O. The number of carbonyl (C=O) groups excluding carboxylic acids is 2. The Morgan fingerprint density at radius 3 is 2.47 bits per heavy atom. The molecule has 2 aliphatic heterocycles. The molecule has 2 aliphatic rings. The lowest BCUT2D eigenvalue weighted by molar-refractivity contribution is -0.156. The molecule has 1 spiro atoms. The Balaban J connectivity index is 2.16. The van der Waals surface area contributed by atoms with E-state index in [1.54, 1.807) is 16.9 Å². The first-order chi connectivity index (χ1) is 15.4. The van der Waals surface area contributed by atoms with Gasteiger partial charge >= 0.3 is 5.97 Å². The lowest BCUT2D eigenvalue weighted by atomic mass is 9.85. The van der Waals surface area contributed by atoms with Crippen molar-refractivity contribution in [1.29, 1.82) is 0 Å². The Bertz CT molecular complexity index is 810. The molecule has 1 N–H and O–H groups in total. The van der Waals surface area contributed by atoms with E-state index in [0.717, 1.165) is 18.4 Å². The van der Waals surface area contributed by atoms with Crippen LogP contribution in [-0.2, 0) is 19.1 Å². The molecule has 2 amide bonds. The first-order valence-electron chi connectivity index (χ1n) is 11.8. The highest BCUT2D eigenvalue weighted by Gasteiger charge is 2.61. The number of rotatable bonds is 8. The van der Waals surface area contributed by atoms with Gasteiger partial charge in [-0.25, -0.2) is 0 Å². The standard InChI is InChI=1S/C25H36N2O5/c1-4-18(5-2)22(28)27-21(19-11-7-6-8-12-19)20(23(29)30)17-25(27)13-9-10-14-26(24(25)31)15-16-32-3/h6-8,11-12,18,20-21H,4-5,9-10,13-17H2,1-3H3,(H,29,30)/t20-,21-,25-/m0/s1. The molecule has 3 atom stereocenters. The number of benzene rings is 1. The zero-order chi connectivity index (χ0) is 23.3. The second-order valence-corrected chi connectivity index (χ2v) is 9.00. The minimum Gasteiger partial charge on any atom is -0.481 e. The maximum atomic E-state index is 14.0. The van der Waals surface area contributed by atoms with E-state index >= 15 is 0 Å². The van der Waals surface area contributed by atoms with Crippen molar-refractivity contribution in [3.63, 3.8) is 0 Å². The van der Waals surface area contributed by atoms with Gasteiger partial charge in [-0.05, 0) is 44.1 Å². The van der Waals surface area contributed by atoms with Crippen molar-refractivity contribution in [2.45, 2.75) is 64.0 Å². The molecule has 0 aliphatic carbocycles. The summed E-state index contributed by atoms with van der Waals surface area (Å²) in [5.41, 5.74) is -0.357. The van der Waals surface area contributed by atoms with Crippen LogP contribution in [-0.4, -0.2) is 65.0 Å². The predicted molar refractivity (Wildman–Crippen MR) is 121 cm³/mol. The van der Waals surface area contributed by atoms with Crippen molar-refractivity contribution >= 4 is 17.8 Å². The minimum atomic E-state index is -1.13. The normalized spacial score (nSPS) is 26.1. The molecule has 176 valence electrons. The van der Waals surface area contributed by atoms with Crippen molar-refractivity contribution in [2.75, 3.05) is 26.8 Å². The van der Waals surface area contributed by atoms with Crippen molar-refractivity contribution in [2.24, 2.45) is 11.8 Å². The Kier molecular flexibility index (Phi) is 7.93. The zero-order valence-corrected chi connectivity index (χ0v) is 19.5. The number of carboxylic acids is 1. The number of likely N-dealkylation sites (tertiary alicyclic amines) is 2. The maximum absolute atomic E-state index is 14.0. The van der Waals surface area contributed by atoms with Crippen LogP contribution in [0.4, 0.5) is 0 Å². The van der Waals surface area contributed by atoms with Crippen LogP contribution in [0.2, 0.25) is 0 Å². The average Bonchev–Trinajstić information content (AvgIpc) is 3.07. The fourth-order valence-corrected chi connectivity index (χ4v) is 5.51. The molecular formula is C25H36N2O5.